The van der Waals surface area contributed by atoms with E-state index < -0.39 is 29.6 Å². The molecular formula is C8H5F3O2. The van der Waals surface area contributed by atoms with E-state index >= 15 is 0 Å². The van der Waals surface area contributed by atoms with E-state index in [1.165, 1.54) is 0 Å². The van der Waals surface area contributed by atoms with E-state index in [0.29, 0.717) is 6.07 Å². The normalized spacial score (nSPS) is 9.77. The maximum atomic E-state index is 12.8. The molecule has 0 saturated heterocycles. The first-order valence-electron chi connectivity index (χ1n) is 3.34. The molecule has 13 heavy (non-hydrogen) atoms. The van der Waals surface area contributed by atoms with Crippen molar-refractivity contribution in [3.63, 3.8) is 0 Å². The second-order valence-electron chi connectivity index (χ2n) is 2.23. The lowest BCUT2D eigenvalue weighted by Gasteiger charge is -2.03. The lowest BCUT2D eigenvalue weighted by molar-refractivity contribution is -0.129. The van der Waals surface area contributed by atoms with Crippen molar-refractivity contribution in [3.8, 4) is 0 Å². The average molecular weight is 190 g/mol. The molecule has 0 bridgehead atoms. The standard InChI is InChI=1S/C8H5F3O2/c9-6-1-2-7(10)8(11)5(6)3-13-4-12/h1-2,4H,3H2. The zero-order valence-corrected chi connectivity index (χ0v) is 6.39. The number of halogens is 3. The summed E-state index contributed by atoms with van der Waals surface area (Å²) in [6.45, 7) is -0.581. The molecule has 0 amide bonds. The molecule has 70 valence electrons. The Bertz CT molecular complexity index is 325. The van der Waals surface area contributed by atoms with Crippen LogP contribution in [0.3, 0.4) is 0 Å². The van der Waals surface area contributed by atoms with Crippen LogP contribution in [0.1, 0.15) is 5.56 Å². The maximum Gasteiger partial charge on any atom is 0.293 e. The monoisotopic (exact) mass is 190 g/mol. The molecule has 1 aromatic rings. The third-order valence-electron chi connectivity index (χ3n) is 1.43. The molecule has 0 heterocycles. The van der Waals surface area contributed by atoms with Crippen molar-refractivity contribution < 1.29 is 22.7 Å². The van der Waals surface area contributed by atoms with E-state index in [0.717, 1.165) is 6.07 Å². The largest absolute Gasteiger partial charge is 0.463 e. The van der Waals surface area contributed by atoms with E-state index in [1.54, 1.807) is 0 Å². The molecule has 0 fully saturated rings. The van der Waals surface area contributed by atoms with Crippen molar-refractivity contribution in [2.45, 2.75) is 6.61 Å². The molecule has 0 N–H and O–H groups in total. The Morgan fingerprint density at radius 3 is 2.46 bits per heavy atom. The van der Waals surface area contributed by atoms with Gasteiger partial charge in [0.15, 0.2) is 11.6 Å². The smallest absolute Gasteiger partial charge is 0.293 e. The Labute approximate surface area is 71.9 Å². The quantitative estimate of drug-likeness (QED) is 0.536. The van der Waals surface area contributed by atoms with Gasteiger partial charge in [-0.15, -0.1) is 0 Å². The topological polar surface area (TPSA) is 26.3 Å². The first-order valence-corrected chi connectivity index (χ1v) is 3.34. The van der Waals surface area contributed by atoms with Gasteiger partial charge in [0.2, 0.25) is 0 Å². The van der Waals surface area contributed by atoms with Gasteiger partial charge in [-0.05, 0) is 12.1 Å². The minimum absolute atomic E-state index is 0.0315. The van der Waals surface area contributed by atoms with Crippen LogP contribution in [-0.4, -0.2) is 6.47 Å². The van der Waals surface area contributed by atoms with Gasteiger partial charge in [0, 0.05) is 0 Å². The Morgan fingerprint density at radius 1 is 1.23 bits per heavy atom. The molecule has 0 aliphatic heterocycles. The summed E-state index contributed by atoms with van der Waals surface area (Å²) in [7, 11) is 0. The van der Waals surface area contributed by atoms with Crippen LogP contribution in [0.4, 0.5) is 13.2 Å². The van der Waals surface area contributed by atoms with Crippen LogP contribution in [0.15, 0.2) is 12.1 Å². The van der Waals surface area contributed by atoms with E-state index in [2.05, 4.69) is 4.74 Å². The molecule has 2 nitrogen and oxygen atoms in total. The Morgan fingerprint density at radius 2 is 1.85 bits per heavy atom. The van der Waals surface area contributed by atoms with Crippen LogP contribution in [0.2, 0.25) is 0 Å². The minimum Gasteiger partial charge on any atom is -0.463 e. The summed E-state index contributed by atoms with van der Waals surface area (Å²) in [6, 6.07) is 1.43. The predicted octanol–water partition coefficient (Wildman–Crippen LogP) is 1.78. The van der Waals surface area contributed by atoms with Gasteiger partial charge >= 0.3 is 0 Å². The first-order chi connectivity index (χ1) is 6.16. The minimum atomic E-state index is -1.33. The van der Waals surface area contributed by atoms with Gasteiger partial charge in [0.1, 0.15) is 12.4 Å². The number of hydrogen-bond acceptors (Lipinski definition) is 2. The lowest BCUT2D eigenvalue weighted by atomic mass is 10.2. The van der Waals surface area contributed by atoms with E-state index in [9.17, 15) is 18.0 Å². The summed E-state index contributed by atoms with van der Waals surface area (Å²) >= 11 is 0. The van der Waals surface area contributed by atoms with Gasteiger partial charge < -0.3 is 4.74 Å². The molecule has 0 spiro atoms. The Balaban J connectivity index is 3.02. The number of ether oxygens (including phenoxy) is 1. The molecule has 0 aliphatic rings. The number of carbonyl (C=O) groups excluding carboxylic acids is 1. The highest BCUT2D eigenvalue weighted by Gasteiger charge is 2.13. The third-order valence-corrected chi connectivity index (χ3v) is 1.43. The van der Waals surface area contributed by atoms with Crippen molar-refractivity contribution in [1.29, 1.82) is 0 Å². The van der Waals surface area contributed by atoms with Gasteiger partial charge in [-0.1, -0.05) is 0 Å². The second kappa shape index (κ2) is 3.93. The molecule has 0 radical (unpaired) electrons. The van der Waals surface area contributed by atoms with E-state index in [1.807, 2.05) is 0 Å². The highest BCUT2D eigenvalue weighted by atomic mass is 19.2. The number of benzene rings is 1. The van der Waals surface area contributed by atoms with Crippen molar-refractivity contribution in [1.82, 2.24) is 0 Å². The van der Waals surface area contributed by atoms with Crippen LogP contribution in [0.25, 0.3) is 0 Å². The Hall–Kier alpha value is -1.52. The summed E-state index contributed by atoms with van der Waals surface area (Å²) < 4.78 is 42.1. The molecule has 0 saturated carbocycles. The fourth-order valence-corrected chi connectivity index (χ4v) is 0.819. The van der Waals surface area contributed by atoms with Gasteiger partial charge in [0.25, 0.3) is 6.47 Å². The fraction of sp³-hybridized carbons (Fsp3) is 0.125. The zero-order valence-electron chi connectivity index (χ0n) is 6.39. The first kappa shape index (κ1) is 9.57. The van der Waals surface area contributed by atoms with Crippen molar-refractivity contribution >= 4 is 6.47 Å². The Kier molecular flexibility index (Phi) is 2.89. The van der Waals surface area contributed by atoms with E-state index in [-0.39, 0.29) is 6.47 Å². The van der Waals surface area contributed by atoms with Crippen LogP contribution >= 0.6 is 0 Å². The molecule has 0 unspecified atom stereocenters. The summed E-state index contributed by atoms with van der Waals surface area (Å²) in [5.41, 5.74) is -0.591. The SMILES string of the molecule is O=COCc1c(F)ccc(F)c1F. The third kappa shape index (κ3) is 1.99. The van der Waals surface area contributed by atoms with Crippen LogP contribution in [0, 0.1) is 17.5 Å². The summed E-state index contributed by atoms with van der Waals surface area (Å²) in [5, 5.41) is 0. The van der Waals surface area contributed by atoms with Crippen LogP contribution < -0.4 is 0 Å². The molecule has 0 atom stereocenters. The second-order valence-corrected chi connectivity index (χ2v) is 2.23. The summed E-state index contributed by atoms with van der Waals surface area (Å²) in [5.74, 6) is -3.45. The molecule has 0 aromatic heterocycles. The highest BCUT2D eigenvalue weighted by Crippen LogP contribution is 2.16. The van der Waals surface area contributed by atoms with Crippen molar-refractivity contribution in [2.75, 3.05) is 0 Å². The van der Waals surface area contributed by atoms with E-state index in [4.69, 9.17) is 0 Å². The van der Waals surface area contributed by atoms with Crippen LogP contribution in [-0.2, 0) is 16.1 Å². The fourth-order valence-electron chi connectivity index (χ4n) is 0.819. The molecule has 0 aliphatic carbocycles. The van der Waals surface area contributed by atoms with Gasteiger partial charge in [0.05, 0.1) is 5.56 Å². The van der Waals surface area contributed by atoms with Crippen LogP contribution in [0.5, 0.6) is 0 Å². The lowest BCUT2D eigenvalue weighted by Crippen LogP contribution is -2.01. The van der Waals surface area contributed by atoms with Gasteiger partial charge in [-0.3, -0.25) is 4.79 Å². The highest BCUT2D eigenvalue weighted by molar-refractivity contribution is 5.37. The molecule has 1 aromatic carbocycles. The molecular weight excluding hydrogens is 185 g/mol. The number of hydrogen-bond donors (Lipinski definition) is 0. The molecule has 5 heteroatoms. The van der Waals surface area contributed by atoms with Crippen molar-refractivity contribution in [2.24, 2.45) is 0 Å². The van der Waals surface area contributed by atoms with Crippen molar-refractivity contribution in [3.05, 3.63) is 35.1 Å². The zero-order chi connectivity index (χ0) is 9.84. The predicted molar refractivity (Wildman–Crippen MR) is 37.2 cm³/mol. The number of rotatable bonds is 3. The maximum absolute atomic E-state index is 12.8. The van der Waals surface area contributed by atoms with Gasteiger partial charge in [-0.25, -0.2) is 13.2 Å². The summed E-state index contributed by atoms with van der Waals surface area (Å²) in [4.78, 5) is 9.72. The molecule has 1 rings (SSSR count). The number of carbonyl (C=O) groups is 1. The summed E-state index contributed by atoms with van der Waals surface area (Å²) in [6.07, 6.45) is 0. The average Bonchev–Trinajstić information content (AvgIpc) is 2.12. The van der Waals surface area contributed by atoms with Gasteiger partial charge in [-0.2, -0.15) is 0 Å².